The van der Waals surface area contributed by atoms with E-state index in [1.54, 1.807) is 24.0 Å². The summed E-state index contributed by atoms with van der Waals surface area (Å²) in [5, 5.41) is 0.623. The third kappa shape index (κ3) is 7.36. The molecule has 0 atom stereocenters. The molecule has 0 unspecified atom stereocenters. The van der Waals surface area contributed by atoms with E-state index in [4.69, 9.17) is 9.72 Å². The summed E-state index contributed by atoms with van der Waals surface area (Å²) in [5.41, 5.74) is 2.32. The van der Waals surface area contributed by atoms with Crippen molar-refractivity contribution in [3.8, 4) is 0 Å². The third-order valence-electron chi connectivity index (χ3n) is 7.12. The van der Waals surface area contributed by atoms with Crippen LogP contribution in [0.2, 0.25) is 0 Å². The van der Waals surface area contributed by atoms with Gasteiger partial charge in [0.05, 0.1) is 21.7 Å². The Morgan fingerprint density at radius 2 is 1.63 bits per heavy atom. The first-order valence-corrected chi connectivity index (χ1v) is 15.9. The van der Waals surface area contributed by atoms with Crippen LogP contribution in [0.15, 0.2) is 47.4 Å². The number of halogens is 1. The van der Waals surface area contributed by atoms with Gasteiger partial charge >= 0.3 is 6.09 Å². The van der Waals surface area contributed by atoms with Gasteiger partial charge in [0.25, 0.3) is 5.91 Å². The van der Waals surface area contributed by atoms with Crippen molar-refractivity contribution >= 4 is 48.7 Å². The average molecular weight is 623 g/mol. The molecule has 1 aliphatic rings. The van der Waals surface area contributed by atoms with Crippen LogP contribution in [0.1, 0.15) is 36.7 Å². The quantitative estimate of drug-likeness (QED) is 0.333. The Morgan fingerprint density at radius 3 is 2.22 bits per heavy atom. The van der Waals surface area contributed by atoms with Crippen LogP contribution in [0.3, 0.4) is 0 Å². The van der Waals surface area contributed by atoms with E-state index < -0.39 is 16.1 Å². The van der Waals surface area contributed by atoms with E-state index in [-0.39, 0.29) is 56.0 Å². The average Bonchev–Trinajstić information content (AvgIpc) is 3.41. The number of para-hydroxylation sites is 1. The zero-order valence-electron chi connectivity index (χ0n) is 23.9. The summed E-state index contributed by atoms with van der Waals surface area (Å²) < 4.78 is 34.0. The van der Waals surface area contributed by atoms with E-state index in [2.05, 4.69) is 18.7 Å². The van der Waals surface area contributed by atoms with Crippen molar-refractivity contribution in [2.45, 2.75) is 32.6 Å². The topological polar surface area (TPSA) is 103 Å². The highest BCUT2D eigenvalue weighted by Gasteiger charge is 2.31. The predicted octanol–water partition coefficient (Wildman–Crippen LogP) is 1.06. The maximum absolute atomic E-state index is 13.8. The van der Waals surface area contributed by atoms with Crippen LogP contribution in [-0.4, -0.2) is 98.5 Å². The zero-order valence-corrected chi connectivity index (χ0v) is 26.3. The van der Waals surface area contributed by atoms with Crippen LogP contribution < -0.4 is 17.3 Å². The zero-order chi connectivity index (χ0) is 28.9. The van der Waals surface area contributed by atoms with Crippen LogP contribution in [0.5, 0.6) is 0 Å². The molecule has 2 amide bonds. The predicted molar refractivity (Wildman–Crippen MR) is 158 cm³/mol. The maximum Gasteiger partial charge on any atom is 0.409 e. The minimum Gasteiger partial charge on any atom is -1.00 e. The lowest BCUT2D eigenvalue weighted by atomic mass is 10.2. The molecule has 0 N–H and O–H groups in total. The van der Waals surface area contributed by atoms with Gasteiger partial charge in [0.1, 0.15) is 0 Å². The Morgan fingerprint density at radius 1 is 0.976 bits per heavy atom. The van der Waals surface area contributed by atoms with Gasteiger partial charge in [-0.05, 0) is 62.8 Å². The van der Waals surface area contributed by atoms with Crippen molar-refractivity contribution in [2.24, 2.45) is 0 Å². The third-order valence-corrected chi connectivity index (χ3v) is 10.1. The van der Waals surface area contributed by atoms with Gasteiger partial charge < -0.3 is 26.9 Å². The molecule has 1 saturated heterocycles. The van der Waals surface area contributed by atoms with E-state index in [1.807, 2.05) is 25.1 Å². The van der Waals surface area contributed by atoms with Gasteiger partial charge in [-0.2, -0.15) is 4.31 Å². The Kier molecular flexibility index (Phi) is 11.5. The fraction of sp³-hybridized carbons (Fsp3) is 0.464. The molecule has 2 aromatic carbocycles. The fourth-order valence-corrected chi connectivity index (χ4v) is 7.15. The van der Waals surface area contributed by atoms with Crippen molar-refractivity contribution in [1.82, 2.24) is 19.1 Å². The number of ether oxygens (including phenoxy) is 1. The molecule has 10 nitrogen and oxygen atoms in total. The van der Waals surface area contributed by atoms with E-state index in [1.165, 1.54) is 32.7 Å². The van der Waals surface area contributed by atoms with Gasteiger partial charge in [0.15, 0.2) is 5.13 Å². The largest absolute Gasteiger partial charge is 1.00 e. The Bertz CT molecular complexity index is 1440. The normalized spacial score (nSPS) is 14.2. The molecule has 13 heteroatoms. The van der Waals surface area contributed by atoms with Crippen molar-refractivity contribution in [3.63, 3.8) is 0 Å². The molecule has 0 spiro atoms. The first-order chi connectivity index (χ1) is 19.2. The number of nitrogens with zero attached hydrogens (tertiary/aromatic N) is 5. The molecule has 0 aliphatic carbocycles. The van der Waals surface area contributed by atoms with Gasteiger partial charge in [-0.25, -0.2) is 18.2 Å². The van der Waals surface area contributed by atoms with Crippen LogP contribution >= 0.6 is 11.3 Å². The van der Waals surface area contributed by atoms with Crippen molar-refractivity contribution in [2.75, 3.05) is 63.9 Å². The summed E-state index contributed by atoms with van der Waals surface area (Å²) in [5.74, 6) is -0.226. The molecule has 2 heterocycles. The molecule has 0 saturated carbocycles. The van der Waals surface area contributed by atoms with Gasteiger partial charge in [0, 0.05) is 44.8 Å². The van der Waals surface area contributed by atoms with Crippen molar-refractivity contribution in [3.05, 3.63) is 53.6 Å². The summed E-state index contributed by atoms with van der Waals surface area (Å²) in [6.45, 7) is 12.0. The lowest BCUT2D eigenvalue weighted by Crippen LogP contribution is -3.00. The van der Waals surface area contributed by atoms with Gasteiger partial charge in [-0.1, -0.05) is 37.3 Å². The first-order valence-electron chi connectivity index (χ1n) is 13.6. The summed E-state index contributed by atoms with van der Waals surface area (Å²) >= 11 is 1.48. The number of amides is 2. The number of fused-ring (bicyclic) bond motifs is 1. The molecule has 1 aliphatic heterocycles. The summed E-state index contributed by atoms with van der Waals surface area (Å²) in [6.07, 6.45) is -0.434. The monoisotopic (exact) mass is 622 g/mol. The maximum atomic E-state index is 13.8. The number of carbonyl (C=O) groups is 2. The highest BCUT2D eigenvalue weighted by molar-refractivity contribution is 7.89. The summed E-state index contributed by atoms with van der Waals surface area (Å²) in [7, 11) is -3.78. The highest BCUT2D eigenvalue weighted by Crippen LogP contribution is 2.31. The fourth-order valence-electron chi connectivity index (χ4n) is 4.66. The molecule has 0 radical (unpaired) electrons. The number of piperazine rings is 1. The smallest absolute Gasteiger partial charge is 0.409 e. The first kappa shape index (κ1) is 32.7. The second-order valence-electron chi connectivity index (χ2n) is 9.52. The number of carbonyl (C=O) groups excluding carboxylic acids is 2. The Labute approximate surface area is 252 Å². The second kappa shape index (κ2) is 14.4. The number of thiazole rings is 1. The van der Waals surface area contributed by atoms with Gasteiger partial charge in [-0.15, -0.1) is 0 Å². The number of rotatable bonds is 10. The van der Waals surface area contributed by atoms with Crippen LogP contribution in [0.25, 0.3) is 10.2 Å². The SMILES string of the molecule is CCOC(=O)N1CCN(S(=O)(=O)c2ccc(C(=O)N(CCN(CC)CC)c3nc4c(C)cccc4s3)cc2)CC1.[Cl-]. The summed E-state index contributed by atoms with van der Waals surface area (Å²) in [6, 6.07) is 12.1. The van der Waals surface area contributed by atoms with Gasteiger partial charge in [-0.3, -0.25) is 9.69 Å². The molecule has 1 fully saturated rings. The van der Waals surface area contributed by atoms with Crippen molar-refractivity contribution < 1.29 is 35.2 Å². The molecule has 1 aromatic heterocycles. The molecule has 224 valence electrons. The number of aryl methyl sites for hydroxylation is 1. The molecule has 0 bridgehead atoms. The van der Waals surface area contributed by atoms with Crippen molar-refractivity contribution in [1.29, 1.82) is 0 Å². The Hall–Kier alpha value is -2.77. The van der Waals surface area contributed by atoms with E-state index >= 15 is 0 Å². The Balaban J connectivity index is 0.00000462. The lowest BCUT2D eigenvalue weighted by Gasteiger charge is -2.33. The minimum absolute atomic E-state index is 0. The number of hydrogen-bond donors (Lipinski definition) is 0. The molecule has 4 rings (SSSR count). The van der Waals surface area contributed by atoms with Gasteiger partial charge in [0.2, 0.25) is 10.0 Å². The molecule has 3 aromatic rings. The van der Waals surface area contributed by atoms with E-state index in [9.17, 15) is 18.0 Å². The highest BCUT2D eigenvalue weighted by atomic mass is 35.5. The standard InChI is InChI=1S/C28H37N5O5S2.ClH/c1-5-30(6-2)15-20-33(27-29-25-21(4)9-8-10-24(25)39-27)26(34)22-11-13-23(14-12-22)40(36,37)32-18-16-31(17-19-32)28(35)38-7-3;/h8-14H,5-7,15-20H2,1-4H3;1H/p-1. The van der Waals surface area contributed by atoms with E-state index in [0.29, 0.717) is 23.8 Å². The number of hydrogen-bond acceptors (Lipinski definition) is 8. The second-order valence-corrected chi connectivity index (χ2v) is 12.5. The molecular formula is C28H37ClN5O5S2-. The number of aromatic nitrogens is 1. The van der Waals surface area contributed by atoms with Crippen LogP contribution in [0.4, 0.5) is 9.93 Å². The minimum atomic E-state index is -3.78. The van der Waals surface area contributed by atoms with E-state index in [0.717, 1.165) is 28.9 Å². The number of sulfonamides is 1. The molecular weight excluding hydrogens is 586 g/mol. The number of anilines is 1. The number of likely N-dealkylation sites (N-methyl/N-ethyl adjacent to an activating group) is 1. The van der Waals surface area contributed by atoms with Crippen LogP contribution in [-0.2, 0) is 14.8 Å². The lowest BCUT2D eigenvalue weighted by molar-refractivity contribution is -0.0000254. The number of benzene rings is 2. The molecule has 41 heavy (non-hydrogen) atoms. The van der Waals surface area contributed by atoms with Crippen LogP contribution in [0, 0.1) is 6.92 Å². The summed E-state index contributed by atoms with van der Waals surface area (Å²) in [4.78, 5) is 36.1.